The average Bonchev–Trinajstić information content (AvgIpc) is 3.49. The van der Waals surface area contributed by atoms with Crippen LogP contribution in [0.2, 0.25) is 0 Å². The summed E-state index contributed by atoms with van der Waals surface area (Å²) in [5.41, 5.74) is 5.41. The first-order valence-corrected chi connectivity index (χ1v) is 10.2. The number of aromatic amines is 1. The molecule has 5 heteroatoms. The maximum absolute atomic E-state index is 13.5. The molecule has 2 aromatic carbocycles. The molecule has 1 N–H and O–H groups in total. The highest BCUT2D eigenvalue weighted by molar-refractivity contribution is 5.96. The van der Waals surface area contributed by atoms with Gasteiger partial charge in [0.2, 0.25) is 0 Å². The second kappa shape index (κ2) is 7.21. The molecule has 2 aliphatic carbocycles. The highest BCUT2D eigenvalue weighted by atomic mass is 16.2. The third-order valence-electron chi connectivity index (χ3n) is 6.03. The zero-order chi connectivity index (χ0) is 19.8. The topological polar surface area (TPSA) is 72.8 Å². The number of amides is 1. The Kier molecular flexibility index (Phi) is 4.40. The van der Waals surface area contributed by atoms with E-state index in [1.807, 2.05) is 48.7 Å². The minimum absolute atomic E-state index is 0.0422. The number of rotatable bonds is 4. The van der Waals surface area contributed by atoms with Gasteiger partial charge in [0.25, 0.3) is 5.91 Å². The molecule has 144 valence electrons. The number of nitriles is 1. The van der Waals surface area contributed by atoms with E-state index in [0.29, 0.717) is 17.2 Å². The quantitative estimate of drug-likeness (QED) is 0.738. The first-order chi connectivity index (χ1) is 14.2. The number of benzene rings is 2. The fraction of sp³-hybridized carbons (Fsp3) is 0.292. The number of carbonyl (C=O) groups is 1. The van der Waals surface area contributed by atoms with Crippen molar-refractivity contribution in [3.8, 4) is 17.2 Å². The number of aromatic nitrogens is 2. The maximum atomic E-state index is 13.5. The van der Waals surface area contributed by atoms with Gasteiger partial charge in [-0.1, -0.05) is 36.4 Å². The Labute approximate surface area is 170 Å². The second-order valence-electron chi connectivity index (χ2n) is 7.95. The molecule has 0 spiro atoms. The van der Waals surface area contributed by atoms with Gasteiger partial charge in [-0.05, 0) is 60.9 Å². The zero-order valence-electron chi connectivity index (χ0n) is 16.1. The van der Waals surface area contributed by atoms with Crippen LogP contribution in [0.3, 0.4) is 0 Å². The van der Waals surface area contributed by atoms with Crippen LogP contribution in [0.5, 0.6) is 0 Å². The Hall–Kier alpha value is -3.39. The molecule has 0 aliphatic heterocycles. The minimum atomic E-state index is 0.0422. The molecule has 1 saturated carbocycles. The molecule has 2 aliphatic rings. The predicted molar refractivity (Wildman–Crippen MR) is 110 cm³/mol. The summed E-state index contributed by atoms with van der Waals surface area (Å²) < 4.78 is 0. The molecule has 1 atom stereocenters. The Bertz CT molecular complexity index is 1090. The number of nitrogens with zero attached hydrogens (tertiary/aromatic N) is 3. The van der Waals surface area contributed by atoms with Crippen LogP contribution in [0.1, 0.15) is 46.4 Å². The zero-order valence-corrected chi connectivity index (χ0v) is 16.1. The number of carbonyl (C=O) groups excluding carboxylic acids is 1. The number of fused-ring (bicyclic) bond motifs is 1. The predicted octanol–water partition coefficient (Wildman–Crippen LogP) is 4.11. The van der Waals surface area contributed by atoms with Crippen molar-refractivity contribution in [1.82, 2.24) is 15.1 Å². The van der Waals surface area contributed by atoms with E-state index in [9.17, 15) is 10.1 Å². The molecule has 0 saturated heterocycles. The van der Waals surface area contributed by atoms with Crippen molar-refractivity contribution < 1.29 is 4.79 Å². The molecule has 1 fully saturated rings. The number of aryl methyl sites for hydroxylation is 1. The molecular formula is C24H22N4O. The summed E-state index contributed by atoms with van der Waals surface area (Å²) in [5, 5.41) is 16.9. The third-order valence-corrected chi connectivity index (χ3v) is 6.03. The molecule has 29 heavy (non-hydrogen) atoms. The summed E-state index contributed by atoms with van der Waals surface area (Å²) in [6.45, 7) is 0. The standard InChI is InChI=1S/C24H22N4O/c25-14-18-12-17(6-10-22(18)16-4-2-1-3-5-16)24(29)28(20-7-8-20)21-9-11-23-19(13-21)15-26-27-23/h1-6,10,12,15,20-21H,7-9,11,13H2,(H,26,27). The van der Waals surface area contributed by atoms with Crippen molar-refractivity contribution in [2.45, 2.75) is 44.2 Å². The Morgan fingerprint density at radius 3 is 2.69 bits per heavy atom. The molecule has 1 aromatic heterocycles. The lowest BCUT2D eigenvalue weighted by atomic mass is 9.91. The Balaban J connectivity index is 1.45. The van der Waals surface area contributed by atoms with E-state index in [2.05, 4.69) is 21.2 Å². The highest BCUT2D eigenvalue weighted by Crippen LogP contribution is 2.35. The van der Waals surface area contributed by atoms with E-state index in [4.69, 9.17) is 0 Å². The highest BCUT2D eigenvalue weighted by Gasteiger charge is 2.39. The van der Waals surface area contributed by atoms with E-state index >= 15 is 0 Å². The number of nitrogens with one attached hydrogen (secondary N) is 1. The molecule has 1 amide bonds. The van der Waals surface area contributed by atoms with Crippen molar-refractivity contribution in [2.24, 2.45) is 0 Å². The van der Waals surface area contributed by atoms with Crippen LogP contribution in [0.15, 0.2) is 54.7 Å². The van der Waals surface area contributed by atoms with Gasteiger partial charge in [0, 0.05) is 23.3 Å². The van der Waals surface area contributed by atoms with Crippen LogP contribution in [0.25, 0.3) is 11.1 Å². The van der Waals surface area contributed by atoms with Crippen LogP contribution in [0, 0.1) is 11.3 Å². The molecule has 0 radical (unpaired) electrons. The van der Waals surface area contributed by atoms with Crippen molar-refractivity contribution in [2.75, 3.05) is 0 Å². The van der Waals surface area contributed by atoms with E-state index in [0.717, 1.165) is 43.2 Å². The second-order valence-corrected chi connectivity index (χ2v) is 7.95. The van der Waals surface area contributed by atoms with E-state index in [-0.39, 0.29) is 11.9 Å². The van der Waals surface area contributed by atoms with Gasteiger partial charge in [0.1, 0.15) is 0 Å². The summed E-state index contributed by atoms with van der Waals surface area (Å²) in [4.78, 5) is 15.6. The fourth-order valence-electron chi connectivity index (χ4n) is 4.41. The summed E-state index contributed by atoms with van der Waals surface area (Å²) in [7, 11) is 0. The first-order valence-electron chi connectivity index (χ1n) is 10.2. The number of hydrogen-bond acceptors (Lipinski definition) is 3. The lowest BCUT2D eigenvalue weighted by molar-refractivity contribution is 0.0643. The smallest absolute Gasteiger partial charge is 0.254 e. The molecule has 3 aromatic rings. The summed E-state index contributed by atoms with van der Waals surface area (Å²) in [6.07, 6.45) is 6.74. The normalized spacial score (nSPS) is 18.0. The van der Waals surface area contributed by atoms with Gasteiger partial charge in [0.05, 0.1) is 17.8 Å². The lowest BCUT2D eigenvalue weighted by Crippen LogP contribution is -2.44. The lowest BCUT2D eigenvalue weighted by Gasteiger charge is -2.34. The third kappa shape index (κ3) is 3.31. The Morgan fingerprint density at radius 2 is 1.93 bits per heavy atom. The van der Waals surface area contributed by atoms with Gasteiger partial charge in [-0.2, -0.15) is 10.4 Å². The van der Waals surface area contributed by atoms with Crippen molar-refractivity contribution in [3.05, 3.63) is 77.1 Å². The van der Waals surface area contributed by atoms with Gasteiger partial charge < -0.3 is 4.90 Å². The van der Waals surface area contributed by atoms with Crippen molar-refractivity contribution in [3.63, 3.8) is 0 Å². The van der Waals surface area contributed by atoms with Gasteiger partial charge in [-0.15, -0.1) is 0 Å². The fourth-order valence-corrected chi connectivity index (χ4v) is 4.41. The SMILES string of the molecule is N#Cc1cc(C(=O)N(C2CC2)C2CCc3[nH]ncc3C2)ccc1-c1ccccc1. The van der Waals surface area contributed by atoms with Gasteiger partial charge in [-0.25, -0.2) is 0 Å². The van der Waals surface area contributed by atoms with Gasteiger partial charge in [0.15, 0.2) is 0 Å². The molecule has 1 heterocycles. The number of H-pyrrole nitrogens is 1. The largest absolute Gasteiger partial charge is 0.332 e. The van der Waals surface area contributed by atoms with E-state index in [1.54, 1.807) is 6.07 Å². The van der Waals surface area contributed by atoms with Crippen LogP contribution in [0.4, 0.5) is 0 Å². The number of hydrogen-bond donors (Lipinski definition) is 1. The average molecular weight is 382 g/mol. The first kappa shape index (κ1) is 17.7. The molecule has 5 nitrogen and oxygen atoms in total. The van der Waals surface area contributed by atoms with Crippen LogP contribution < -0.4 is 0 Å². The Morgan fingerprint density at radius 1 is 1.10 bits per heavy atom. The molecular weight excluding hydrogens is 360 g/mol. The summed E-state index contributed by atoms with van der Waals surface area (Å²) >= 11 is 0. The minimum Gasteiger partial charge on any atom is -0.332 e. The molecule has 1 unspecified atom stereocenters. The monoisotopic (exact) mass is 382 g/mol. The maximum Gasteiger partial charge on any atom is 0.254 e. The van der Waals surface area contributed by atoms with Crippen molar-refractivity contribution in [1.29, 1.82) is 5.26 Å². The summed E-state index contributed by atoms with van der Waals surface area (Å²) in [6, 6.07) is 18.2. The van der Waals surface area contributed by atoms with Gasteiger partial charge in [-0.3, -0.25) is 9.89 Å². The molecule has 5 rings (SSSR count). The van der Waals surface area contributed by atoms with Crippen LogP contribution in [-0.2, 0) is 12.8 Å². The van der Waals surface area contributed by atoms with E-state index in [1.165, 1.54) is 11.3 Å². The van der Waals surface area contributed by atoms with Gasteiger partial charge >= 0.3 is 0 Å². The van der Waals surface area contributed by atoms with Crippen molar-refractivity contribution >= 4 is 5.91 Å². The summed E-state index contributed by atoms with van der Waals surface area (Å²) in [5.74, 6) is 0.0422. The van der Waals surface area contributed by atoms with Crippen LogP contribution >= 0.6 is 0 Å². The molecule has 0 bridgehead atoms. The van der Waals surface area contributed by atoms with Crippen LogP contribution in [-0.4, -0.2) is 33.1 Å². The van der Waals surface area contributed by atoms with E-state index < -0.39 is 0 Å².